The van der Waals surface area contributed by atoms with Crippen LogP contribution in [0.5, 0.6) is 5.75 Å². The second-order valence-corrected chi connectivity index (χ2v) is 6.23. The summed E-state index contributed by atoms with van der Waals surface area (Å²) in [5, 5.41) is 2.90. The number of thiophene rings is 1. The van der Waals surface area contributed by atoms with Crippen LogP contribution in [0.15, 0.2) is 42.5 Å². The Morgan fingerprint density at radius 2 is 2.00 bits per heavy atom. The summed E-state index contributed by atoms with van der Waals surface area (Å²) in [4.78, 5) is 12.9. The molecule has 0 aliphatic heterocycles. The Morgan fingerprint density at radius 3 is 2.57 bits per heavy atom. The van der Waals surface area contributed by atoms with Gasteiger partial charge in [-0.15, -0.1) is 11.3 Å². The molecular formula is C16H16ClNO2S. The van der Waals surface area contributed by atoms with Gasteiger partial charge in [0.2, 0.25) is 5.91 Å². The quantitative estimate of drug-likeness (QED) is 0.834. The molecule has 1 atom stereocenters. The second kappa shape index (κ2) is 7.29. The molecule has 0 saturated heterocycles. The van der Waals surface area contributed by atoms with E-state index >= 15 is 0 Å². The fourth-order valence-corrected chi connectivity index (χ4v) is 2.84. The average molecular weight is 322 g/mol. The van der Waals surface area contributed by atoms with Gasteiger partial charge in [0, 0.05) is 11.0 Å². The number of halogens is 1. The van der Waals surface area contributed by atoms with E-state index in [1.807, 2.05) is 43.3 Å². The number of methoxy groups -OCH3 is 1. The molecule has 1 amide bonds. The smallest absolute Gasteiger partial charge is 0.244 e. The zero-order valence-corrected chi connectivity index (χ0v) is 13.4. The average Bonchev–Trinajstić information content (AvgIpc) is 2.92. The van der Waals surface area contributed by atoms with Gasteiger partial charge < -0.3 is 10.1 Å². The minimum absolute atomic E-state index is 0.0597. The van der Waals surface area contributed by atoms with E-state index in [4.69, 9.17) is 16.3 Å². The van der Waals surface area contributed by atoms with Gasteiger partial charge in [0.05, 0.1) is 17.5 Å². The first kappa shape index (κ1) is 15.6. The van der Waals surface area contributed by atoms with Crippen molar-refractivity contribution in [3.05, 3.63) is 57.3 Å². The Balaban J connectivity index is 1.92. The summed E-state index contributed by atoms with van der Waals surface area (Å²) in [7, 11) is 1.62. The van der Waals surface area contributed by atoms with Crippen LogP contribution in [0, 0.1) is 0 Å². The Labute approximate surface area is 133 Å². The molecule has 1 aromatic heterocycles. The molecule has 1 heterocycles. The summed E-state index contributed by atoms with van der Waals surface area (Å²) in [5.74, 6) is 0.655. The number of nitrogens with one attached hydrogen (secondary N) is 1. The van der Waals surface area contributed by atoms with Gasteiger partial charge in [-0.25, -0.2) is 0 Å². The third kappa shape index (κ3) is 4.62. The van der Waals surface area contributed by atoms with Gasteiger partial charge in [-0.2, -0.15) is 0 Å². The molecule has 0 saturated carbocycles. The summed E-state index contributed by atoms with van der Waals surface area (Å²) in [6.07, 6.45) is 3.29. The number of hydrogen-bond donors (Lipinski definition) is 1. The van der Waals surface area contributed by atoms with E-state index in [-0.39, 0.29) is 11.9 Å². The number of carbonyl (C=O) groups is 1. The van der Waals surface area contributed by atoms with Crippen LogP contribution in [-0.4, -0.2) is 13.0 Å². The minimum Gasteiger partial charge on any atom is -0.497 e. The van der Waals surface area contributed by atoms with Gasteiger partial charge in [0.1, 0.15) is 5.75 Å². The lowest BCUT2D eigenvalue weighted by atomic mass is 10.2. The molecule has 2 rings (SSSR count). The third-order valence-corrected chi connectivity index (χ3v) is 4.34. The van der Waals surface area contributed by atoms with E-state index in [1.165, 1.54) is 17.4 Å². The first-order valence-corrected chi connectivity index (χ1v) is 7.66. The van der Waals surface area contributed by atoms with Gasteiger partial charge in [-0.05, 0) is 42.8 Å². The molecule has 0 aliphatic carbocycles. The highest BCUT2D eigenvalue weighted by Gasteiger charge is 2.09. The van der Waals surface area contributed by atoms with Crippen molar-refractivity contribution in [1.82, 2.24) is 5.32 Å². The first-order valence-electron chi connectivity index (χ1n) is 6.46. The van der Waals surface area contributed by atoms with E-state index in [2.05, 4.69) is 5.32 Å². The molecule has 3 nitrogen and oxygen atoms in total. The molecule has 0 spiro atoms. The molecule has 1 aromatic carbocycles. The Kier molecular flexibility index (Phi) is 5.42. The molecule has 0 aliphatic rings. The number of ether oxygens (including phenoxy) is 1. The van der Waals surface area contributed by atoms with Crippen LogP contribution in [0.4, 0.5) is 0 Å². The predicted octanol–water partition coefficient (Wildman–Crippen LogP) is 4.30. The molecule has 21 heavy (non-hydrogen) atoms. The molecule has 0 bridgehead atoms. The maximum absolute atomic E-state index is 11.9. The zero-order valence-electron chi connectivity index (χ0n) is 11.8. The molecule has 2 aromatic rings. The van der Waals surface area contributed by atoms with Gasteiger partial charge in [0.25, 0.3) is 0 Å². The van der Waals surface area contributed by atoms with E-state index < -0.39 is 0 Å². The largest absolute Gasteiger partial charge is 0.497 e. The molecule has 5 heteroatoms. The fourth-order valence-electron chi connectivity index (χ4n) is 1.78. The Morgan fingerprint density at radius 1 is 1.29 bits per heavy atom. The highest BCUT2D eigenvalue weighted by molar-refractivity contribution is 7.16. The van der Waals surface area contributed by atoms with Crippen LogP contribution >= 0.6 is 22.9 Å². The van der Waals surface area contributed by atoms with Crippen molar-refractivity contribution < 1.29 is 9.53 Å². The van der Waals surface area contributed by atoms with Gasteiger partial charge in [0.15, 0.2) is 0 Å². The van der Waals surface area contributed by atoms with E-state index in [9.17, 15) is 4.79 Å². The maximum atomic E-state index is 11.9. The SMILES string of the molecule is COc1ccc(C=CC(=O)NC(C)c2ccc(Cl)s2)cc1. The maximum Gasteiger partial charge on any atom is 0.244 e. The van der Waals surface area contributed by atoms with Gasteiger partial charge in [-0.1, -0.05) is 23.7 Å². The fraction of sp³-hybridized carbons (Fsp3) is 0.188. The minimum atomic E-state index is -0.136. The van der Waals surface area contributed by atoms with Crippen molar-refractivity contribution in [3.8, 4) is 5.75 Å². The lowest BCUT2D eigenvalue weighted by Crippen LogP contribution is -2.23. The van der Waals surface area contributed by atoms with Crippen LogP contribution in [-0.2, 0) is 4.79 Å². The Bertz CT molecular complexity index is 634. The highest BCUT2D eigenvalue weighted by Crippen LogP contribution is 2.26. The normalized spacial score (nSPS) is 12.3. The molecule has 110 valence electrons. The summed E-state index contributed by atoms with van der Waals surface area (Å²) >= 11 is 7.36. The lowest BCUT2D eigenvalue weighted by molar-refractivity contribution is -0.117. The standard InChI is InChI=1S/C16H16ClNO2S/c1-11(14-8-9-15(17)21-14)18-16(19)10-5-12-3-6-13(20-2)7-4-12/h3-11H,1-2H3,(H,18,19). The van der Waals surface area contributed by atoms with Crippen molar-refractivity contribution in [3.63, 3.8) is 0 Å². The van der Waals surface area contributed by atoms with Gasteiger partial charge in [-0.3, -0.25) is 4.79 Å². The number of amides is 1. The van der Waals surface area contributed by atoms with Crippen LogP contribution in [0.2, 0.25) is 4.34 Å². The summed E-state index contributed by atoms with van der Waals surface area (Å²) < 4.78 is 5.81. The summed E-state index contributed by atoms with van der Waals surface area (Å²) in [6.45, 7) is 1.93. The van der Waals surface area contributed by atoms with Crippen molar-refractivity contribution in [2.45, 2.75) is 13.0 Å². The second-order valence-electron chi connectivity index (χ2n) is 4.48. The van der Waals surface area contributed by atoms with E-state index in [1.54, 1.807) is 13.2 Å². The van der Waals surface area contributed by atoms with Crippen LogP contribution in [0.25, 0.3) is 6.08 Å². The third-order valence-electron chi connectivity index (χ3n) is 2.92. The molecule has 0 radical (unpaired) electrons. The van der Waals surface area contributed by atoms with Crippen LogP contribution in [0.1, 0.15) is 23.4 Å². The van der Waals surface area contributed by atoms with E-state index in [0.717, 1.165) is 20.5 Å². The monoisotopic (exact) mass is 321 g/mol. The van der Waals surface area contributed by atoms with Gasteiger partial charge >= 0.3 is 0 Å². The van der Waals surface area contributed by atoms with Crippen LogP contribution < -0.4 is 10.1 Å². The number of hydrogen-bond acceptors (Lipinski definition) is 3. The highest BCUT2D eigenvalue weighted by atomic mass is 35.5. The van der Waals surface area contributed by atoms with Crippen molar-refractivity contribution >= 4 is 34.9 Å². The molecule has 1 unspecified atom stereocenters. The molecule has 1 N–H and O–H groups in total. The first-order chi connectivity index (χ1) is 10.1. The molecule has 0 fully saturated rings. The zero-order chi connectivity index (χ0) is 15.2. The number of carbonyl (C=O) groups excluding carboxylic acids is 1. The lowest BCUT2D eigenvalue weighted by Gasteiger charge is -2.09. The van der Waals surface area contributed by atoms with Crippen molar-refractivity contribution in [2.75, 3.05) is 7.11 Å². The molecular weight excluding hydrogens is 306 g/mol. The summed E-state index contributed by atoms with van der Waals surface area (Å²) in [6, 6.07) is 11.2. The summed E-state index contributed by atoms with van der Waals surface area (Å²) in [5.41, 5.74) is 0.942. The predicted molar refractivity (Wildman–Crippen MR) is 87.9 cm³/mol. The number of benzene rings is 1. The van der Waals surface area contributed by atoms with E-state index in [0.29, 0.717) is 0 Å². The number of rotatable bonds is 5. The van der Waals surface area contributed by atoms with Crippen molar-refractivity contribution in [1.29, 1.82) is 0 Å². The Hall–Kier alpha value is -1.78. The van der Waals surface area contributed by atoms with Crippen molar-refractivity contribution in [2.24, 2.45) is 0 Å². The topological polar surface area (TPSA) is 38.3 Å². The van der Waals surface area contributed by atoms with Crippen LogP contribution in [0.3, 0.4) is 0 Å².